The second-order valence-electron chi connectivity index (χ2n) is 8.98. The molecule has 0 aromatic carbocycles. The number of carbonyl (C=O) groups is 1. The number of hydrogen-bond donors (Lipinski definition) is 0. The molecule has 0 spiro atoms. The Hall–Kier alpha value is -1.89. The summed E-state index contributed by atoms with van der Waals surface area (Å²) in [4.78, 5) is 29.9. The Balaban J connectivity index is 1.35. The Labute approximate surface area is 168 Å². The fourth-order valence-electron chi connectivity index (χ4n) is 4.74. The molecule has 4 rings (SSSR count). The molecule has 0 radical (unpaired) electrons. The summed E-state index contributed by atoms with van der Waals surface area (Å²) in [6.45, 7) is 4.34. The molecule has 1 aromatic rings. The van der Waals surface area contributed by atoms with Gasteiger partial charge in [-0.3, -0.25) is 4.79 Å². The molecule has 28 heavy (non-hydrogen) atoms. The van der Waals surface area contributed by atoms with Gasteiger partial charge in [0.05, 0.1) is 0 Å². The molecule has 1 amide bonds. The largest absolute Gasteiger partial charge is 0.363 e. The molecule has 1 atom stereocenters. The number of anilines is 2. The van der Waals surface area contributed by atoms with Gasteiger partial charge >= 0.3 is 0 Å². The van der Waals surface area contributed by atoms with Gasteiger partial charge in [-0.2, -0.15) is 0 Å². The number of carbonyl (C=O) groups excluding carboxylic acids is 1. The summed E-state index contributed by atoms with van der Waals surface area (Å²) < 4.78 is 0. The van der Waals surface area contributed by atoms with Crippen LogP contribution in [0, 0.1) is 5.92 Å². The zero-order valence-corrected chi connectivity index (χ0v) is 17.5. The van der Waals surface area contributed by atoms with Gasteiger partial charge in [-0.15, -0.1) is 0 Å². The zero-order valence-electron chi connectivity index (χ0n) is 17.5. The minimum atomic E-state index is 0.303. The first kappa shape index (κ1) is 19.4. The average Bonchev–Trinajstić information content (AvgIpc) is 3.52. The normalized spacial score (nSPS) is 24.5. The van der Waals surface area contributed by atoms with E-state index in [-0.39, 0.29) is 0 Å². The monoisotopic (exact) mass is 386 g/mol. The molecule has 1 aromatic heterocycles. The summed E-state index contributed by atoms with van der Waals surface area (Å²) in [7, 11) is 6.00. The molecule has 7 nitrogen and oxygen atoms in total. The molecular formula is C21H34N6O. The summed E-state index contributed by atoms with van der Waals surface area (Å²) in [6, 6.07) is 3.36. The van der Waals surface area contributed by atoms with E-state index in [0.29, 0.717) is 23.9 Å². The maximum Gasteiger partial charge on any atom is 0.222 e. The fourth-order valence-corrected chi connectivity index (χ4v) is 4.74. The van der Waals surface area contributed by atoms with Crippen molar-refractivity contribution in [1.82, 2.24) is 19.8 Å². The van der Waals surface area contributed by atoms with Crippen molar-refractivity contribution in [2.24, 2.45) is 5.92 Å². The highest BCUT2D eigenvalue weighted by Crippen LogP contribution is 2.36. The highest BCUT2D eigenvalue weighted by molar-refractivity contribution is 5.76. The number of nitrogens with zero attached hydrogens (tertiary/aromatic N) is 6. The van der Waals surface area contributed by atoms with Crippen LogP contribution in [0.2, 0.25) is 0 Å². The first-order valence-corrected chi connectivity index (χ1v) is 10.8. The highest BCUT2D eigenvalue weighted by atomic mass is 16.2. The van der Waals surface area contributed by atoms with Gasteiger partial charge in [-0.05, 0) is 38.0 Å². The predicted molar refractivity (Wildman–Crippen MR) is 112 cm³/mol. The van der Waals surface area contributed by atoms with E-state index in [2.05, 4.69) is 25.8 Å². The van der Waals surface area contributed by atoms with Gasteiger partial charge in [0.1, 0.15) is 18.0 Å². The third-order valence-electron chi connectivity index (χ3n) is 6.49. The lowest BCUT2D eigenvalue weighted by atomic mass is 9.95. The minimum absolute atomic E-state index is 0.303. The van der Waals surface area contributed by atoms with Gasteiger partial charge in [0, 0.05) is 71.9 Å². The Morgan fingerprint density at radius 1 is 1.04 bits per heavy atom. The Morgan fingerprint density at radius 2 is 1.71 bits per heavy atom. The van der Waals surface area contributed by atoms with Crippen LogP contribution in [0.3, 0.4) is 0 Å². The number of piperidine rings is 2. The van der Waals surface area contributed by atoms with Gasteiger partial charge in [0.25, 0.3) is 0 Å². The molecule has 0 bridgehead atoms. The first-order chi connectivity index (χ1) is 13.5. The lowest BCUT2D eigenvalue weighted by Crippen LogP contribution is -2.49. The predicted octanol–water partition coefficient (Wildman–Crippen LogP) is 1.84. The molecule has 7 heteroatoms. The SMILES string of the molecule is CN1CC(CN2CCC(N(c3cc(N(C)C)ncn3)C3CC3)CC2)CCC1=O. The van der Waals surface area contributed by atoms with Crippen LogP contribution in [0.25, 0.3) is 0 Å². The second-order valence-corrected chi connectivity index (χ2v) is 8.98. The summed E-state index contributed by atoms with van der Waals surface area (Å²) in [6.07, 6.45) is 8.42. The number of hydrogen-bond acceptors (Lipinski definition) is 6. The van der Waals surface area contributed by atoms with E-state index in [9.17, 15) is 4.79 Å². The van der Waals surface area contributed by atoms with Crippen molar-refractivity contribution < 1.29 is 4.79 Å². The summed E-state index contributed by atoms with van der Waals surface area (Å²) in [5.74, 6) is 3.00. The topological polar surface area (TPSA) is 55.8 Å². The standard InChI is InChI=1S/C21H34N6O/c1-24(2)19-12-20(23-15-22-19)27(17-5-6-17)18-8-10-26(11-9-18)14-16-4-7-21(28)25(3)13-16/h12,15-18H,4-11,13-14H2,1-3H3. The number of rotatable bonds is 6. The maximum absolute atomic E-state index is 11.7. The summed E-state index contributed by atoms with van der Waals surface area (Å²) in [5, 5.41) is 0. The van der Waals surface area contributed by atoms with Crippen molar-refractivity contribution in [2.75, 3.05) is 57.1 Å². The number of amides is 1. The third-order valence-corrected chi connectivity index (χ3v) is 6.49. The molecule has 1 unspecified atom stereocenters. The molecule has 1 saturated carbocycles. The van der Waals surface area contributed by atoms with Crippen molar-refractivity contribution in [3.05, 3.63) is 12.4 Å². The zero-order chi connectivity index (χ0) is 19.7. The van der Waals surface area contributed by atoms with Crippen LogP contribution in [0.1, 0.15) is 38.5 Å². The van der Waals surface area contributed by atoms with Gasteiger partial charge in [0.2, 0.25) is 5.91 Å². The van der Waals surface area contributed by atoms with Crippen molar-refractivity contribution in [1.29, 1.82) is 0 Å². The Bertz CT molecular complexity index is 683. The van der Waals surface area contributed by atoms with Crippen LogP contribution in [0.15, 0.2) is 12.4 Å². The van der Waals surface area contributed by atoms with Gasteiger partial charge in [-0.25, -0.2) is 9.97 Å². The fraction of sp³-hybridized carbons (Fsp3) is 0.762. The van der Waals surface area contributed by atoms with Crippen LogP contribution in [-0.2, 0) is 4.79 Å². The Morgan fingerprint density at radius 3 is 2.36 bits per heavy atom. The summed E-state index contributed by atoms with van der Waals surface area (Å²) in [5.41, 5.74) is 0. The average molecular weight is 387 g/mol. The number of aromatic nitrogens is 2. The lowest BCUT2D eigenvalue weighted by Gasteiger charge is -2.41. The van der Waals surface area contributed by atoms with E-state index in [1.54, 1.807) is 6.33 Å². The molecule has 2 saturated heterocycles. The van der Waals surface area contributed by atoms with E-state index in [0.717, 1.165) is 50.7 Å². The van der Waals surface area contributed by atoms with E-state index in [4.69, 9.17) is 0 Å². The molecule has 1 aliphatic carbocycles. The maximum atomic E-state index is 11.7. The number of likely N-dealkylation sites (tertiary alicyclic amines) is 2. The van der Waals surface area contributed by atoms with Crippen LogP contribution in [0.4, 0.5) is 11.6 Å². The van der Waals surface area contributed by atoms with Crippen molar-refractivity contribution >= 4 is 17.5 Å². The van der Waals surface area contributed by atoms with Crippen LogP contribution in [-0.4, -0.2) is 85.1 Å². The van der Waals surface area contributed by atoms with Crippen LogP contribution < -0.4 is 9.80 Å². The lowest BCUT2D eigenvalue weighted by molar-refractivity contribution is -0.133. The first-order valence-electron chi connectivity index (χ1n) is 10.8. The van der Waals surface area contributed by atoms with Crippen molar-refractivity contribution in [3.63, 3.8) is 0 Å². The molecule has 0 N–H and O–H groups in total. The molecule has 3 fully saturated rings. The van der Waals surface area contributed by atoms with E-state index in [1.807, 2.05) is 30.9 Å². The quantitative estimate of drug-likeness (QED) is 0.744. The van der Waals surface area contributed by atoms with E-state index >= 15 is 0 Å². The molecule has 154 valence electrons. The Kier molecular flexibility index (Phi) is 5.71. The second kappa shape index (κ2) is 8.23. The van der Waals surface area contributed by atoms with E-state index in [1.165, 1.54) is 25.7 Å². The van der Waals surface area contributed by atoms with Gasteiger partial charge in [-0.1, -0.05) is 0 Å². The van der Waals surface area contributed by atoms with Crippen molar-refractivity contribution in [2.45, 2.75) is 50.6 Å². The van der Waals surface area contributed by atoms with E-state index < -0.39 is 0 Å². The summed E-state index contributed by atoms with van der Waals surface area (Å²) >= 11 is 0. The van der Waals surface area contributed by atoms with Gasteiger partial charge < -0.3 is 19.6 Å². The molecular weight excluding hydrogens is 352 g/mol. The highest BCUT2D eigenvalue weighted by Gasteiger charge is 2.37. The third kappa shape index (κ3) is 4.40. The minimum Gasteiger partial charge on any atom is -0.363 e. The van der Waals surface area contributed by atoms with Crippen LogP contribution in [0.5, 0.6) is 0 Å². The van der Waals surface area contributed by atoms with Crippen molar-refractivity contribution in [3.8, 4) is 0 Å². The molecule has 3 heterocycles. The molecule has 2 aliphatic heterocycles. The van der Waals surface area contributed by atoms with Gasteiger partial charge in [0.15, 0.2) is 0 Å². The smallest absolute Gasteiger partial charge is 0.222 e. The van der Waals surface area contributed by atoms with Crippen LogP contribution >= 0.6 is 0 Å². The molecule has 3 aliphatic rings.